The number of hydrogen-bond acceptors (Lipinski definition) is 3. The van der Waals surface area contributed by atoms with Crippen molar-refractivity contribution in [3.8, 4) is 0 Å². The molecule has 2 aliphatic heterocycles. The maximum atomic E-state index is 5.87. The van der Waals surface area contributed by atoms with Crippen LogP contribution in [0.25, 0.3) is 0 Å². The molecule has 1 saturated heterocycles. The van der Waals surface area contributed by atoms with E-state index in [0.29, 0.717) is 18.5 Å². The second-order valence-corrected chi connectivity index (χ2v) is 6.35. The van der Waals surface area contributed by atoms with Crippen molar-refractivity contribution in [2.24, 2.45) is 5.73 Å². The summed E-state index contributed by atoms with van der Waals surface area (Å²) in [5, 5.41) is 3.54. The van der Waals surface area contributed by atoms with Crippen molar-refractivity contribution in [3.63, 3.8) is 0 Å². The van der Waals surface area contributed by atoms with Gasteiger partial charge in [-0.3, -0.25) is 4.90 Å². The number of fused-ring (bicyclic) bond motifs is 3. The minimum atomic E-state index is 0.470. The van der Waals surface area contributed by atoms with Crippen LogP contribution in [0.15, 0.2) is 48.5 Å². The molecule has 2 heterocycles. The average molecular weight is 293 g/mol. The first kappa shape index (κ1) is 13.9. The van der Waals surface area contributed by atoms with Crippen LogP contribution in [-0.4, -0.2) is 31.1 Å². The molecule has 22 heavy (non-hydrogen) atoms. The highest BCUT2D eigenvalue weighted by Gasteiger charge is 2.35. The first-order valence-electron chi connectivity index (χ1n) is 8.19. The molecule has 2 aliphatic rings. The van der Waals surface area contributed by atoms with Crippen LogP contribution in [0.4, 0.5) is 0 Å². The predicted octanol–water partition coefficient (Wildman–Crippen LogP) is 2.24. The maximum Gasteiger partial charge on any atom is 0.0476 e. The van der Waals surface area contributed by atoms with E-state index in [1.54, 1.807) is 0 Å². The number of nitrogens with two attached hydrogens (primary N) is 1. The van der Waals surface area contributed by atoms with Crippen LogP contribution in [0.5, 0.6) is 0 Å². The molecule has 0 bridgehead atoms. The molecular formula is C19H23N3. The second-order valence-electron chi connectivity index (χ2n) is 6.35. The molecule has 1 fully saturated rings. The molecule has 114 valence electrons. The Morgan fingerprint density at radius 3 is 2.77 bits per heavy atom. The molecule has 3 N–H and O–H groups in total. The van der Waals surface area contributed by atoms with Gasteiger partial charge in [-0.05, 0) is 22.3 Å². The number of piperazine rings is 1. The minimum absolute atomic E-state index is 0.470. The monoisotopic (exact) mass is 293 g/mol. The van der Waals surface area contributed by atoms with Crippen molar-refractivity contribution in [1.82, 2.24) is 10.2 Å². The first-order valence-corrected chi connectivity index (χ1v) is 8.19. The molecule has 2 aromatic rings. The van der Waals surface area contributed by atoms with Gasteiger partial charge in [0.2, 0.25) is 0 Å². The zero-order valence-electron chi connectivity index (χ0n) is 12.8. The highest BCUT2D eigenvalue weighted by Crippen LogP contribution is 2.40. The summed E-state index contributed by atoms with van der Waals surface area (Å²) in [5.41, 5.74) is 11.5. The molecule has 3 nitrogen and oxygen atoms in total. The van der Waals surface area contributed by atoms with E-state index in [1.165, 1.54) is 22.3 Å². The number of benzene rings is 2. The van der Waals surface area contributed by atoms with Gasteiger partial charge in [0.1, 0.15) is 0 Å². The molecule has 0 saturated carbocycles. The van der Waals surface area contributed by atoms with Gasteiger partial charge in [0, 0.05) is 44.7 Å². The molecule has 0 radical (unpaired) electrons. The largest absolute Gasteiger partial charge is 0.326 e. The fraction of sp³-hybridized carbons (Fsp3) is 0.368. The Balaban J connectivity index is 1.82. The number of hydrogen-bond donors (Lipinski definition) is 2. The Morgan fingerprint density at radius 1 is 1.09 bits per heavy atom. The molecule has 3 heteroatoms. The lowest BCUT2D eigenvalue weighted by Crippen LogP contribution is -2.50. The van der Waals surface area contributed by atoms with Gasteiger partial charge >= 0.3 is 0 Å². The lowest BCUT2D eigenvalue weighted by molar-refractivity contribution is 0.143. The summed E-state index contributed by atoms with van der Waals surface area (Å²) < 4.78 is 0. The van der Waals surface area contributed by atoms with E-state index in [0.717, 1.165) is 26.2 Å². The van der Waals surface area contributed by atoms with Crippen LogP contribution in [0, 0.1) is 0 Å². The van der Waals surface area contributed by atoms with E-state index in [2.05, 4.69) is 58.7 Å². The fourth-order valence-corrected chi connectivity index (χ4v) is 3.93. The second kappa shape index (κ2) is 5.84. The first-order chi connectivity index (χ1) is 10.9. The van der Waals surface area contributed by atoms with Gasteiger partial charge in [0.15, 0.2) is 0 Å². The lowest BCUT2D eigenvalue weighted by Gasteiger charge is -2.44. The number of nitrogens with zero attached hydrogens (tertiary/aromatic N) is 1. The highest BCUT2D eigenvalue weighted by molar-refractivity contribution is 5.44. The zero-order chi connectivity index (χ0) is 14.9. The third-order valence-electron chi connectivity index (χ3n) is 5.09. The standard InChI is InChI=1S/C19H23N3/c20-11-14-6-7-16-17(10-14)19-12-21-8-9-22(19)13-18(16)15-4-2-1-3-5-15/h1-7,10,18-19,21H,8-9,11-13,20H2/t18-,19+/m1/s1. The summed E-state index contributed by atoms with van der Waals surface area (Å²) in [6, 6.07) is 18.2. The molecule has 0 unspecified atom stereocenters. The van der Waals surface area contributed by atoms with Crippen molar-refractivity contribution in [1.29, 1.82) is 0 Å². The van der Waals surface area contributed by atoms with Crippen LogP contribution in [-0.2, 0) is 6.54 Å². The third kappa shape index (κ3) is 2.35. The number of nitrogens with one attached hydrogen (secondary N) is 1. The summed E-state index contributed by atoms with van der Waals surface area (Å²) in [6.45, 7) is 4.99. The Bertz CT molecular complexity index is 653. The Morgan fingerprint density at radius 2 is 1.95 bits per heavy atom. The van der Waals surface area contributed by atoms with E-state index in [4.69, 9.17) is 5.73 Å². The summed E-state index contributed by atoms with van der Waals surface area (Å²) in [6.07, 6.45) is 0. The van der Waals surface area contributed by atoms with E-state index < -0.39 is 0 Å². The minimum Gasteiger partial charge on any atom is -0.326 e. The Kier molecular flexibility index (Phi) is 3.70. The SMILES string of the molecule is NCc1ccc2c(c1)[C@@H]1CNCCN1C[C@@H]2c1ccccc1. The molecule has 0 amide bonds. The van der Waals surface area contributed by atoms with Gasteiger partial charge in [-0.1, -0.05) is 48.5 Å². The van der Waals surface area contributed by atoms with Gasteiger partial charge in [0.05, 0.1) is 0 Å². The Hall–Kier alpha value is -1.68. The van der Waals surface area contributed by atoms with Gasteiger partial charge in [0.25, 0.3) is 0 Å². The average Bonchev–Trinajstić information content (AvgIpc) is 2.61. The predicted molar refractivity (Wildman–Crippen MR) is 89.8 cm³/mol. The molecule has 2 aromatic carbocycles. The summed E-state index contributed by atoms with van der Waals surface area (Å²) >= 11 is 0. The third-order valence-corrected chi connectivity index (χ3v) is 5.09. The highest BCUT2D eigenvalue weighted by atomic mass is 15.2. The number of rotatable bonds is 2. The molecule has 2 atom stereocenters. The maximum absolute atomic E-state index is 5.87. The van der Waals surface area contributed by atoms with Gasteiger partial charge in [-0.2, -0.15) is 0 Å². The Labute approximate surface area is 132 Å². The zero-order valence-corrected chi connectivity index (χ0v) is 12.8. The summed E-state index contributed by atoms with van der Waals surface area (Å²) in [5.74, 6) is 0.470. The topological polar surface area (TPSA) is 41.3 Å². The van der Waals surface area contributed by atoms with Crippen LogP contribution >= 0.6 is 0 Å². The molecule has 4 rings (SSSR count). The van der Waals surface area contributed by atoms with Crippen molar-refractivity contribution < 1.29 is 0 Å². The molecular weight excluding hydrogens is 270 g/mol. The van der Waals surface area contributed by atoms with Gasteiger partial charge < -0.3 is 11.1 Å². The van der Waals surface area contributed by atoms with E-state index in [1.807, 2.05) is 0 Å². The molecule has 0 aliphatic carbocycles. The molecule has 0 spiro atoms. The normalized spacial score (nSPS) is 24.6. The van der Waals surface area contributed by atoms with Crippen molar-refractivity contribution in [2.75, 3.05) is 26.2 Å². The van der Waals surface area contributed by atoms with Crippen molar-refractivity contribution >= 4 is 0 Å². The quantitative estimate of drug-likeness (QED) is 0.892. The van der Waals surface area contributed by atoms with Crippen LogP contribution in [0.1, 0.15) is 34.2 Å². The van der Waals surface area contributed by atoms with E-state index in [-0.39, 0.29) is 0 Å². The smallest absolute Gasteiger partial charge is 0.0476 e. The summed E-state index contributed by atoms with van der Waals surface area (Å²) in [7, 11) is 0. The van der Waals surface area contributed by atoms with Crippen LogP contribution in [0.3, 0.4) is 0 Å². The van der Waals surface area contributed by atoms with E-state index >= 15 is 0 Å². The van der Waals surface area contributed by atoms with Crippen molar-refractivity contribution in [3.05, 3.63) is 70.8 Å². The van der Waals surface area contributed by atoms with Crippen LogP contribution < -0.4 is 11.1 Å². The lowest BCUT2D eigenvalue weighted by atomic mass is 9.80. The van der Waals surface area contributed by atoms with Crippen molar-refractivity contribution in [2.45, 2.75) is 18.5 Å². The summed E-state index contributed by atoms with van der Waals surface area (Å²) in [4.78, 5) is 2.64. The van der Waals surface area contributed by atoms with Gasteiger partial charge in [-0.25, -0.2) is 0 Å². The van der Waals surface area contributed by atoms with Gasteiger partial charge in [-0.15, -0.1) is 0 Å². The van der Waals surface area contributed by atoms with E-state index in [9.17, 15) is 0 Å². The fourth-order valence-electron chi connectivity index (χ4n) is 3.93. The van der Waals surface area contributed by atoms with Crippen LogP contribution in [0.2, 0.25) is 0 Å². The molecule has 0 aromatic heterocycles.